The van der Waals surface area contributed by atoms with Gasteiger partial charge in [0.15, 0.2) is 11.8 Å². The maximum atomic E-state index is 12.8. The molecular formula is C19H19N5O4. The van der Waals surface area contributed by atoms with Crippen LogP contribution in [-0.2, 0) is 4.79 Å². The van der Waals surface area contributed by atoms with E-state index < -0.39 is 6.10 Å². The number of aromatic nitrogens is 4. The first-order valence-corrected chi connectivity index (χ1v) is 9.31. The number of nitrogens with one attached hydrogen (secondary N) is 1. The van der Waals surface area contributed by atoms with E-state index in [-0.39, 0.29) is 11.6 Å². The fourth-order valence-corrected chi connectivity index (χ4v) is 3.25. The number of hydrogen-bond acceptors (Lipinski definition) is 6. The second-order valence-corrected chi connectivity index (χ2v) is 7.12. The van der Waals surface area contributed by atoms with Gasteiger partial charge < -0.3 is 14.4 Å². The summed E-state index contributed by atoms with van der Waals surface area (Å²) in [7, 11) is 0. The van der Waals surface area contributed by atoms with Gasteiger partial charge in [-0.2, -0.15) is 5.10 Å². The predicted molar refractivity (Wildman–Crippen MR) is 99.7 cm³/mol. The lowest BCUT2D eigenvalue weighted by atomic mass is 10.3. The number of aromatic amines is 1. The molecule has 144 valence electrons. The van der Waals surface area contributed by atoms with Crippen LogP contribution in [0, 0.1) is 5.92 Å². The molecule has 9 nitrogen and oxygen atoms in total. The highest BCUT2D eigenvalue weighted by molar-refractivity contribution is 5.99. The lowest BCUT2D eigenvalue weighted by Gasteiger charge is -2.17. The van der Waals surface area contributed by atoms with Crippen molar-refractivity contribution in [3.05, 3.63) is 47.1 Å². The highest BCUT2D eigenvalue weighted by Crippen LogP contribution is 2.29. The third kappa shape index (κ3) is 3.19. The number of fused-ring (bicyclic) bond motifs is 1. The zero-order valence-electron chi connectivity index (χ0n) is 15.1. The third-order valence-corrected chi connectivity index (χ3v) is 5.02. The van der Waals surface area contributed by atoms with Crippen LogP contribution < -0.4 is 20.1 Å². The zero-order chi connectivity index (χ0) is 19.1. The third-order valence-electron chi connectivity index (χ3n) is 5.02. The van der Waals surface area contributed by atoms with Gasteiger partial charge in [-0.15, -0.1) is 0 Å². The van der Waals surface area contributed by atoms with Gasteiger partial charge in [-0.25, -0.2) is 19.3 Å². The van der Waals surface area contributed by atoms with Crippen molar-refractivity contribution in [2.24, 2.45) is 5.92 Å². The molecule has 0 radical (unpaired) electrons. The second kappa shape index (κ2) is 6.66. The maximum absolute atomic E-state index is 12.8. The molecule has 1 saturated heterocycles. The molecule has 9 heteroatoms. The van der Waals surface area contributed by atoms with Crippen molar-refractivity contribution in [1.82, 2.24) is 19.6 Å². The molecule has 1 aliphatic carbocycles. The van der Waals surface area contributed by atoms with Crippen LogP contribution in [0.3, 0.4) is 0 Å². The van der Waals surface area contributed by atoms with Crippen LogP contribution in [0.5, 0.6) is 11.6 Å². The predicted octanol–water partition coefficient (Wildman–Crippen LogP) is 1.39. The topological polar surface area (TPSA) is 102 Å². The van der Waals surface area contributed by atoms with Gasteiger partial charge in [0.2, 0.25) is 5.88 Å². The number of carbonyl (C=O) groups is 1. The Hall–Kier alpha value is -3.36. The number of nitrogens with zero attached hydrogens (tertiary/aromatic N) is 4. The van der Waals surface area contributed by atoms with E-state index in [1.54, 1.807) is 41.6 Å². The largest absolute Gasteiger partial charge is 0.479 e. The van der Waals surface area contributed by atoms with Crippen LogP contribution in [0.15, 0.2) is 41.5 Å². The van der Waals surface area contributed by atoms with E-state index in [0.717, 1.165) is 0 Å². The minimum absolute atomic E-state index is 0.148. The smallest absolute Gasteiger partial charge is 0.347 e. The van der Waals surface area contributed by atoms with Gasteiger partial charge in [0.25, 0.3) is 5.91 Å². The molecule has 5 rings (SSSR count). The number of rotatable bonds is 6. The Kier molecular flexibility index (Phi) is 4.00. The summed E-state index contributed by atoms with van der Waals surface area (Å²) in [5.74, 6) is 1.61. The highest BCUT2D eigenvalue weighted by Gasteiger charge is 2.34. The Morgan fingerprint density at radius 3 is 2.82 bits per heavy atom. The molecule has 2 fully saturated rings. The first kappa shape index (κ1) is 16.8. The van der Waals surface area contributed by atoms with E-state index in [4.69, 9.17) is 9.47 Å². The van der Waals surface area contributed by atoms with E-state index >= 15 is 0 Å². The van der Waals surface area contributed by atoms with Crippen molar-refractivity contribution in [3.8, 4) is 11.6 Å². The van der Waals surface area contributed by atoms with Crippen molar-refractivity contribution >= 4 is 17.2 Å². The molecule has 0 unspecified atom stereocenters. The van der Waals surface area contributed by atoms with Crippen LogP contribution in [0.1, 0.15) is 19.3 Å². The van der Waals surface area contributed by atoms with Gasteiger partial charge in [-0.05, 0) is 37.0 Å². The summed E-state index contributed by atoms with van der Waals surface area (Å²) in [4.78, 5) is 30.4. The van der Waals surface area contributed by atoms with Crippen LogP contribution in [0.2, 0.25) is 0 Å². The molecule has 1 saturated carbocycles. The minimum atomic E-state index is -0.586. The van der Waals surface area contributed by atoms with E-state index in [1.807, 2.05) is 0 Å². The van der Waals surface area contributed by atoms with Gasteiger partial charge in [0.05, 0.1) is 18.5 Å². The number of H-pyrrole nitrogens is 1. The number of ether oxygens (including phenoxy) is 2. The lowest BCUT2D eigenvalue weighted by molar-refractivity contribution is -0.122. The Morgan fingerprint density at radius 2 is 2.04 bits per heavy atom. The average Bonchev–Trinajstić information content (AvgIpc) is 3.39. The van der Waals surface area contributed by atoms with Crippen molar-refractivity contribution < 1.29 is 14.3 Å². The number of amides is 1. The van der Waals surface area contributed by atoms with Crippen LogP contribution in [0.25, 0.3) is 5.65 Å². The molecule has 2 aliphatic rings. The second-order valence-electron chi connectivity index (χ2n) is 7.12. The van der Waals surface area contributed by atoms with Gasteiger partial charge in [0.1, 0.15) is 5.75 Å². The van der Waals surface area contributed by atoms with Crippen LogP contribution in [-0.4, -0.2) is 44.7 Å². The normalized spacial score (nSPS) is 19.4. The molecule has 0 spiro atoms. The van der Waals surface area contributed by atoms with E-state index in [2.05, 4.69) is 15.2 Å². The monoisotopic (exact) mass is 381 g/mol. The first-order valence-electron chi connectivity index (χ1n) is 9.31. The summed E-state index contributed by atoms with van der Waals surface area (Å²) >= 11 is 0. The quantitative estimate of drug-likeness (QED) is 0.692. The highest BCUT2D eigenvalue weighted by atomic mass is 16.5. The molecule has 0 bridgehead atoms. The van der Waals surface area contributed by atoms with Gasteiger partial charge in [0, 0.05) is 25.2 Å². The van der Waals surface area contributed by atoms with Gasteiger partial charge >= 0.3 is 5.69 Å². The van der Waals surface area contributed by atoms with Crippen molar-refractivity contribution in [1.29, 1.82) is 0 Å². The summed E-state index contributed by atoms with van der Waals surface area (Å²) in [6.07, 6.45) is 5.60. The summed E-state index contributed by atoms with van der Waals surface area (Å²) in [5, 5.41) is 6.27. The lowest BCUT2D eigenvalue weighted by Crippen LogP contribution is -2.32. The van der Waals surface area contributed by atoms with Crippen molar-refractivity contribution in [2.75, 3.05) is 18.1 Å². The number of pyridine rings is 2. The molecule has 1 atom stereocenters. The van der Waals surface area contributed by atoms with Crippen molar-refractivity contribution in [2.45, 2.75) is 25.4 Å². The van der Waals surface area contributed by atoms with Crippen molar-refractivity contribution in [3.63, 3.8) is 0 Å². The summed E-state index contributed by atoms with van der Waals surface area (Å²) < 4.78 is 12.8. The Morgan fingerprint density at radius 1 is 1.14 bits per heavy atom. The molecule has 3 aromatic heterocycles. The molecule has 3 aromatic rings. The molecular weight excluding hydrogens is 362 g/mol. The number of hydrogen-bond donors (Lipinski definition) is 1. The fourth-order valence-electron chi connectivity index (χ4n) is 3.25. The summed E-state index contributed by atoms with van der Waals surface area (Å²) in [6.45, 7) is 1.21. The summed E-state index contributed by atoms with van der Waals surface area (Å²) in [5.41, 5.74) is 0.795. The SMILES string of the molecule is O=C1[C@H](Oc2ccc(OCC3CC3)nc2)CCN1c1ccc2n[nH]c(=O)n2c1. The minimum Gasteiger partial charge on any atom is -0.479 e. The molecule has 1 N–H and O–H groups in total. The first-order chi connectivity index (χ1) is 13.7. The Bertz CT molecular complexity index is 1070. The van der Waals surface area contributed by atoms with E-state index in [9.17, 15) is 9.59 Å². The molecule has 28 heavy (non-hydrogen) atoms. The number of carbonyl (C=O) groups excluding carboxylic acids is 1. The van der Waals surface area contributed by atoms with Crippen LogP contribution >= 0.6 is 0 Å². The molecule has 1 aliphatic heterocycles. The fraction of sp³-hybridized carbons (Fsp3) is 0.368. The zero-order valence-corrected chi connectivity index (χ0v) is 15.1. The van der Waals surface area contributed by atoms with Gasteiger partial charge in [-0.1, -0.05) is 0 Å². The Balaban J connectivity index is 1.26. The summed E-state index contributed by atoms with van der Waals surface area (Å²) in [6, 6.07) is 6.98. The molecule has 1 amide bonds. The van der Waals surface area contributed by atoms with Crippen LogP contribution in [0.4, 0.5) is 5.69 Å². The average molecular weight is 381 g/mol. The van der Waals surface area contributed by atoms with E-state index in [0.29, 0.717) is 48.5 Å². The molecule has 4 heterocycles. The van der Waals surface area contributed by atoms with E-state index in [1.165, 1.54) is 17.2 Å². The maximum Gasteiger partial charge on any atom is 0.347 e. The Labute approximate surface area is 159 Å². The standard InChI is InChI=1S/C19H19N5O4/c25-18-15(28-14-4-6-17(20-9-14)27-11-12-1-2-12)7-8-23(18)13-3-5-16-21-22-19(26)24(16)10-13/h3-6,9-10,12,15H,1-2,7-8,11H2,(H,22,26)/t15-/m1/s1. The van der Waals surface area contributed by atoms with Gasteiger partial charge in [-0.3, -0.25) is 4.79 Å². The molecule has 0 aromatic carbocycles. The number of anilines is 1.